The molecule has 1 aliphatic heterocycles. The van der Waals surface area contributed by atoms with Gasteiger partial charge < -0.3 is 9.64 Å². The number of hydrogen-bond donors (Lipinski definition) is 0. The highest BCUT2D eigenvalue weighted by Gasteiger charge is 2.16. The summed E-state index contributed by atoms with van der Waals surface area (Å²) in [6.45, 7) is 4.38. The van der Waals surface area contributed by atoms with E-state index in [1.54, 1.807) is 7.11 Å². The Morgan fingerprint density at radius 3 is 3.00 bits per heavy atom. The Kier molecular flexibility index (Phi) is 5.76. The zero-order valence-electron chi connectivity index (χ0n) is 8.47. The molecule has 0 amide bonds. The van der Waals surface area contributed by atoms with Gasteiger partial charge in [0.05, 0.1) is 0 Å². The Balaban J connectivity index is 2.00. The molecule has 1 aliphatic rings. The molecule has 0 aromatic carbocycles. The number of rotatable bonds is 5. The summed E-state index contributed by atoms with van der Waals surface area (Å²) < 4.78 is 5.01. The van der Waals surface area contributed by atoms with Crippen LogP contribution in [-0.4, -0.2) is 43.6 Å². The van der Waals surface area contributed by atoms with Gasteiger partial charge in [0.1, 0.15) is 0 Å². The fourth-order valence-corrected chi connectivity index (χ4v) is 2.13. The fourth-order valence-electron chi connectivity index (χ4n) is 1.78. The van der Waals surface area contributed by atoms with Gasteiger partial charge >= 0.3 is 0 Å². The van der Waals surface area contributed by atoms with Crippen molar-refractivity contribution < 1.29 is 4.74 Å². The molecule has 0 aromatic rings. The number of likely N-dealkylation sites (tertiary alicyclic amines) is 1. The number of alkyl halides is 1. The smallest absolute Gasteiger partial charge is 0.0463 e. The standard InChI is InChI=1S/C10H20ClNO/c1-13-8-3-2-6-12-7-4-5-10(11)9-12/h10H,2-9H2,1H3. The Bertz CT molecular complexity index is 132. The molecule has 2 nitrogen and oxygen atoms in total. The second kappa shape index (κ2) is 6.63. The van der Waals surface area contributed by atoms with E-state index < -0.39 is 0 Å². The summed E-state index contributed by atoms with van der Waals surface area (Å²) in [5.41, 5.74) is 0. The molecule has 1 rings (SSSR count). The first kappa shape index (κ1) is 11.3. The minimum Gasteiger partial charge on any atom is -0.385 e. The molecule has 0 N–H and O–H groups in total. The van der Waals surface area contributed by atoms with Crippen molar-refractivity contribution in [1.82, 2.24) is 4.90 Å². The molecule has 13 heavy (non-hydrogen) atoms. The molecule has 0 aliphatic carbocycles. The number of unbranched alkanes of at least 4 members (excludes halogenated alkanes) is 1. The van der Waals surface area contributed by atoms with Crippen molar-refractivity contribution in [3.05, 3.63) is 0 Å². The van der Waals surface area contributed by atoms with E-state index in [0.29, 0.717) is 5.38 Å². The topological polar surface area (TPSA) is 12.5 Å². The molecule has 0 aromatic heterocycles. The Labute approximate surface area is 86.2 Å². The van der Waals surface area contributed by atoms with E-state index in [9.17, 15) is 0 Å². The maximum absolute atomic E-state index is 6.09. The minimum absolute atomic E-state index is 0.385. The zero-order valence-corrected chi connectivity index (χ0v) is 9.22. The van der Waals surface area contributed by atoms with Crippen LogP contribution >= 0.6 is 11.6 Å². The lowest BCUT2D eigenvalue weighted by Crippen LogP contribution is -2.36. The second-order valence-electron chi connectivity index (χ2n) is 3.74. The van der Waals surface area contributed by atoms with Gasteiger partial charge in [-0.25, -0.2) is 0 Å². The van der Waals surface area contributed by atoms with Crippen molar-refractivity contribution in [1.29, 1.82) is 0 Å². The predicted molar refractivity (Wildman–Crippen MR) is 56.4 cm³/mol. The highest BCUT2D eigenvalue weighted by atomic mass is 35.5. The van der Waals surface area contributed by atoms with Crippen LogP contribution in [0.3, 0.4) is 0 Å². The fraction of sp³-hybridized carbons (Fsp3) is 1.00. The van der Waals surface area contributed by atoms with Crippen LogP contribution in [0.25, 0.3) is 0 Å². The number of hydrogen-bond acceptors (Lipinski definition) is 2. The van der Waals surface area contributed by atoms with E-state index in [4.69, 9.17) is 16.3 Å². The molecule has 1 unspecified atom stereocenters. The van der Waals surface area contributed by atoms with Gasteiger partial charge in [0.25, 0.3) is 0 Å². The summed E-state index contributed by atoms with van der Waals surface area (Å²) in [5, 5.41) is 0.385. The molecule has 0 spiro atoms. The van der Waals surface area contributed by atoms with Crippen LogP contribution in [0.2, 0.25) is 0 Å². The van der Waals surface area contributed by atoms with Crippen LogP contribution in [-0.2, 0) is 4.74 Å². The highest BCUT2D eigenvalue weighted by Crippen LogP contribution is 2.15. The number of halogens is 1. The molecule has 0 radical (unpaired) electrons. The maximum Gasteiger partial charge on any atom is 0.0463 e. The third-order valence-electron chi connectivity index (χ3n) is 2.52. The van der Waals surface area contributed by atoms with Crippen molar-refractivity contribution in [2.45, 2.75) is 31.1 Å². The summed E-state index contributed by atoms with van der Waals surface area (Å²) in [7, 11) is 1.76. The molecule has 1 saturated heterocycles. The van der Waals surface area contributed by atoms with E-state index in [0.717, 1.165) is 13.2 Å². The van der Waals surface area contributed by atoms with Gasteiger partial charge in [-0.05, 0) is 38.8 Å². The van der Waals surface area contributed by atoms with Crippen molar-refractivity contribution >= 4 is 11.6 Å². The number of nitrogens with zero attached hydrogens (tertiary/aromatic N) is 1. The van der Waals surface area contributed by atoms with Crippen LogP contribution in [0.4, 0.5) is 0 Å². The summed E-state index contributed by atoms with van der Waals surface area (Å²) in [6.07, 6.45) is 4.85. The van der Waals surface area contributed by atoms with Gasteiger partial charge in [-0.15, -0.1) is 11.6 Å². The minimum atomic E-state index is 0.385. The first-order chi connectivity index (χ1) is 6.33. The number of piperidine rings is 1. The molecule has 1 atom stereocenters. The SMILES string of the molecule is COCCCCN1CCCC(Cl)C1. The van der Waals surface area contributed by atoms with Crippen LogP contribution in [0.15, 0.2) is 0 Å². The Hall–Kier alpha value is 0.210. The largest absolute Gasteiger partial charge is 0.385 e. The van der Waals surface area contributed by atoms with E-state index in [-0.39, 0.29) is 0 Å². The lowest BCUT2D eigenvalue weighted by atomic mass is 10.1. The lowest BCUT2D eigenvalue weighted by Gasteiger charge is -2.29. The molecule has 78 valence electrons. The normalized spacial score (nSPS) is 24.9. The van der Waals surface area contributed by atoms with Gasteiger partial charge in [-0.2, -0.15) is 0 Å². The van der Waals surface area contributed by atoms with Crippen molar-refractivity contribution in [2.75, 3.05) is 33.4 Å². The van der Waals surface area contributed by atoms with E-state index in [1.165, 1.54) is 38.8 Å². The monoisotopic (exact) mass is 205 g/mol. The van der Waals surface area contributed by atoms with E-state index >= 15 is 0 Å². The number of methoxy groups -OCH3 is 1. The van der Waals surface area contributed by atoms with Gasteiger partial charge in [-0.3, -0.25) is 0 Å². The average Bonchev–Trinajstić information content (AvgIpc) is 2.13. The van der Waals surface area contributed by atoms with Crippen LogP contribution in [0.1, 0.15) is 25.7 Å². The average molecular weight is 206 g/mol. The van der Waals surface area contributed by atoms with Crippen molar-refractivity contribution in [3.63, 3.8) is 0 Å². The third kappa shape index (κ3) is 4.84. The summed E-state index contributed by atoms with van der Waals surface area (Å²) >= 11 is 6.09. The molecule has 1 fully saturated rings. The zero-order chi connectivity index (χ0) is 9.52. The molecule has 1 heterocycles. The summed E-state index contributed by atoms with van der Waals surface area (Å²) in [4.78, 5) is 2.47. The maximum atomic E-state index is 6.09. The van der Waals surface area contributed by atoms with Gasteiger partial charge in [0.15, 0.2) is 0 Å². The van der Waals surface area contributed by atoms with Gasteiger partial charge in [0, 0.05) is 25.6 Å². The third-order valence-corrected chi connectivity index (χ3v) is 2.88. The quantitative estimate of drug-likeness (QED) is 0.504. The second-order valence-corrected chi connectivity index (χ2v) is 4.36. The van der Waals surface area contributed by atoms with E-state index in [1.807, 2.05) is 0 Å². The van der Waals surface area contributed by atoms with Crippen molar-refractivity contribution in [2.24, 2.45) is 0 Å². The summed E-state index contributed by atoms with van der Waals surface area (Å²) in [5.74, 6) is 0. The molecular formula is C10H20ClNO. The molecule has 0 bridgehead atoms. The predicted octanol–water partition coefficient (Wildman–Crippen LogP) is 2.12. The van der Waals surface area contributed by atoms with Crippen LogP contribution < -0.4 is 0 Å². The Morgan fingerprint density at radius 1 is 1.46 bits per heavy atom. The van der Waals surface area contributed by atoms with Crippen LogP contribution in [0, 0.1) is 0 Å². The summed E-state index contributed by atoms with van der Waals surface area (Å²) in [6, 6.07) is 0. The molecule has 3 heteroatoms. The van der Waals surface area contributed by atoms with E-state index in [2.05, 4.69) is 4.90 Å². The van der Waals surface area contributed by atoms with Crippen LogP contribution in [0.5, 0.6) is 0 Å². The van der Waals surface area contributed by atoms with Gasteiger partial charge in [-0.1, -0.05) is 0 Å². The van der Waals surface area contributed by atoms with Crippen molar-refractivity contribution in [3.8, 4) is 0 Å². The number of ether oxygens (including phenoxy) is 1. The molecule has 0 saturated carbocycles. The van der Waals surface area contributed by atoms with Gasteiger partial charge in [0.2, 0.25) is 0 Å². The molecular weight excluding hydrogens is 186 g/mol. The first-order valence-electron chi connectivity index (χ1n) is 5.18. The Morgan fingerprint density at radius 2 is 2.31 bits per heavy atom. The highest BCUT2D eigenvalue weighted by molar-refractivity contribution is 6.20. The first-order valence-corrected chi connectivity index (χ1v) is 5.62. The lowest BCUT2D eigenvalue weighted by molar-refractivity contribution is 0.178.